The zero-order valence-corrected chi connectivity index (χ0v) is 15.0. The van der Waals surface area contributed by atoms with Gasteiger partial charge in [-0.3, -0.25) is 4.79 Å². The molecule has 0 bridgehead atoms. The second kappa shape index (κ2) is 7.91. The molecule has 3 aromatic rings. The van der Waals surface area contributed by atoms with Crippen molar-refractivity contribution in [3.8, 4) is 5.75 Å². The smallest absolute Gasteiger partial charge is 0.262 e. The lowest BCUT2D eigenvalue weighted by Gasteiger charge is -2.30. The molecule has 1 N–H and O–H groups in total. The molecular formula is C22H21N3O2. The number of para-hydroxylation sites is 2. The fourth-order valence-electron chi connectivity index (χ4n) is 3.25. The number of carbonyl (C=O) groups excluding carboxylic acids is 1. The summed E-state index contributed by atoms with van der Waals surface area (Å²) in [5, 5.41) is 2.82. The Hall–Kier alpha value is -3.34. The van der Waals surface area contributed by atoms with E-state index in [9.17, 15) is 4.79 Å². The van der Waals surface area contributed by atoms with Gasteiger partial charge in [-0.2, -0.15) is 0 Å². The van der Waals surface area contributed by atoms with Crippen LogP contribution in [0, 0.1) is 0 Å². The van der Waals surface area contributed by atoms with Gasteiger partial charge in [0.25, 0.3) is 5.91 Å². The molecule has 0 atom stereocenters. The number of hydrogen-bond donors (Lipinski definition) is 1. The maximum Gasteiger partial charge on any atom is 0.262 e. The largest absolute Gasteiger partial charge is 0.484 e. The molecule has 136 valence electrons. The summed E-state index contributed by atoms with van der Waals surface area (Å²) in [6.07, 6.45) is 3.89. The lowest BCUT2D eigenvalue weighted by molar-refractivity contribution is -0.118. The Morgan fingerprint density at radius 3 is 2.67 bits per heavy atom. The van der Waals surface area contributed by atoms with Crippen molar-refractivity contribution >= 4 is 23.1 Å². The van der Waals surface area contributed by atoms with E-state index in [4.69, 9.17) is 4.74 Å². The van der Waals surface area contributed by atoms with Gasteiger partial charge in [-0.1, -0.05) is 36.4 Å². The normalized spacial score (nSPS) is 13.0. The maximum absolute atomic E-state index is 12.1. The molecule has 0 unspecified atom stereocenters. The van der Waals surface area contributed by atoms with Gasteiger partial charge in [-0.25, -0.2) is 4.98 Å². The summed E-state index contributed by atoms with van der Waals surface area (Å²) in [6, 6.07) is 21.5. The van der Waals surface area contributed by atoms with Gasteiger partial charge >= 0.3 is 0 Å². The molecule has 5 nitrogen and oxygen atoms in total. The standard InChI is InChI=1S/C22H21N3O2/c26-22(16-27-19-9-2-1-3-10-19)24-18-12-13-21(23-15-18)25-14-6-8-17-7-4-5-11-20(17)25/h1-5,7,9-13,15H,6,8,14,16H2,(H,24,26). The number of benzene rings is 2. The van der Waals surface area contributed by atoms with Gasteiger partial charge < -0.3 is 15.0 Å². The Kier molecular flexibility index (Phi) is 5.01. The van der Waals surface area contributed by atoms with E-state index < -0.39 is 0 Å². The van der Waals surface area contributed by atoms with Gasteiger partial charge in [0.15, 0.2) is 6.61 Å². The Balaban J connectivity index is 1.39. The van der Waals surface area contributed by atoms with Crippen LogP contribution in [-0.4, -0.2) is 24.0 Å². The van der Waals surface area contributed by atoms with Crippen LogP contribution in [0.15, 0.2) is 72.9 Å². The first kappa shape index (κ1) is 17.1. The molecule has 0 aliphatic carbocycles. The molecule has 1 aromatic heterocycles. The van der Waals surface area contributed by atoms with Gasteiger partial charge in [0.1, 0.15) is 11.6 Å². The summed E-state index contributed by atoms with van der Waals surface area (Å²) < 4.78 is 5.46. The van der Waals surface area contributed by atoms with Crippen molar-refractivity contribution in [2.24, 2.45) is 0 Å². The van der Waals surface area contributed by atoms with Gasteiger partial charge in [0.05, 0.1) is 11.9 Å². The van der Waals surface area contributed by atoms with Crippen LogP contribution in [-0.2, 0) is 11.2 Å². The first-order valence-corrected chi connectivity index (χ1v) is 9.09. The third-order valence-corrected chi connectivity index (χ3v) is 4.53. The zero-order chi connectivity index (χ0) is 18.5. The molecule has 5 heteroatoms. The van der Waals surface area contributed by atoms with Gasteiger partial charge in [-0.15, -0.1) is 0 Å². The highest BCUT2D eigenvalue weighted by Gasteiger charge is 2.18. The summed E-state index contributed by atoms with van der Waals surface area (Å²) in [5.74, 6) is 1.35. The van der Waals surface area contributed by atoms with Crippen LogP contribution in [0.5, 0.6) is 5.75 Å². The Morgan fingerprint density at radius 1 is 1.04 bits per heavy atom. The SMILES string of the molecule is O=C(COc1ccccc1)Nc1ccc(N2CCCc3ccccc32)nc1. The fraction of sp³-hybridized carbons (Fsp3) is 0.182. The van der Waals surface area contributed by atoms with Crippen LogP contribution < -0.4 is 15.0 Å². The van der Waals surface area contributed by atoms with Crippen LogP contribution in [0.1, 0.15) is 12.0 Å². The number of amides is 1. The van der Waals surface area contributed by atoms with Crippen molar-refractivity contribution in [2.75, 3.05) is 23.4 Å². The molecule has 2 aromatic carbocycles. The van der Waals surface area contributed by atoms with E-state index in [-0.39, 0.29) is 12.5 Å². The molecule has 27 heavy (non-hydrogen) atoms. The molecule has 0 saturated carbocycles. The third kappa shape index (κ3) is 4.08. The van der Waals surface area contributed by atoms with E-state index in [2.05, 4.69) is 39.5 Å². The van der Waals surface area contributed by atoms with Gasteiger partial charge in [-0.05, 0) is 48.7 Å². The van der Waals surface area contributed by atoms with Crippen molar-refractivity contribution in [3.63, 3.8) is 0 Å². The van der Waals surface area contributed by atoms with Crippen LogP contribution >= 0.6 is 0 Å². The van der Waals surface area contributed by atoms with Crippen molar-refractivity contribution in [1.29, 1.82) is 0 Å². The molecule has 0 saturated heterocycles. The second-order valence-corrected chi connectivity index (χ2v) is 6.44. The number of nitrogens with one attached hydrogen (secondary N) is 1. The molecule has 0 radical (unpaired) electrons. The highest BCUT2D eigenvalue weighted by molar-refractivity contribution is 5.91. The fourth-order valence-corrected chi connectivity index (χ4v) is 3.25. The Morgan fingerprint density at radius 2 is 1.85 bits per heavy atom. The zero-order valence-electron chi connectivity index (χ0n) is 15.0. The van der Waals surface area contributed by atoms with Gasteiger partial charge in [0.2, 0.25) is 0 Å². The first-order chi connectivity index (χ1) is 13.3. The number of anilines is 3. The molecular weight excluding hydrogens is 338 g/mol. The topological polar surface area (TPSA) is 54.5 Å². The summed E-state index contributed by atoms with van der Waals surface area (Å²) >= 11 is 0. The van der Waals surface area contributed by atoms with Crippen LogP contribution in [0.2, 0.25) is 0 Å². The Bertz CT molecular complexity index is 910. The van der Waals surface area contributed by atoms with Crippen molar-refractivity contribution in [1.82, 2.24) is 4.98 Å². The first-order valence-electron chi connectivity index (χ1n) is 9.09. The number of pyridine rings is 1. The minimum Gasteiger partial charge on any atom is -0.484 e. The molecule has 0 spiro atoms. The summed E-state index contributed by atoms with van der Waals surface area (Å²) in [7, 11) is 0. The minimum atomic E-state index is -0.211. The molecule has 0 fully saturated rings. The molecule has 1 aliphatic heterocycles. The second-order valence-electron chi connectivity index (χ2n) is 6.44. The van der Waals surface area contributed by atoms with Crippen LogP contribution in [0.25, 0.3) is 0 Å². The number of nitrogens with zero attached hydrogens (tertiary/aromatic N) is 2. The van der Waals surface area contributed by atoms with E-state index >= 15 is 0 Å². The van der Waals surface area contributed by atoms with Crippen LogP contribution in [0.3, 0.4) is 0 Å². The Labute approximate surface area is 158 Å². The van der Waals surface area contributed by atoms with E-state index in [1.807, 2.05) is 42.5 Å². The predicted molar refractivity (Wildman–Crippen MR) is 107 cm³/mol. The monoisotopic (exact) mass is 359 g/mol. The highest BCUT2D eigenvalue weighted by atomic mass is 16.5. The van der Waals surface area contributed by atoms with Crippen molar-refractivity contribution in [2.45, 2.75) is 12.8 Å². The molecule has 4 rings (SSSR count). The minimum absolute atomic E-state index is 0.0364. The maximum atomic E-state index is 12.1. The van der Waals surface area contributed by atoms with Crippen LogP contribution in [0.4, 0.5) is 17.2 Å². The average Bonchev–Trinajstić information content (AvgIpc) is 2.73. The lowest BCUT2D eigenvalue weighted by Crippen LogP contribution is -2.25. The van der Waals surface area contributed by atoms with Gasteiger partial charge in [0, 0.05) is 12.2 Å². The summed E-state index contributed by atoms with van der Waals surface area (Å²) in [6.45, 7) is 0.909. The van der Waals surface area contributed by atoms with E-state index in [0.717, 1.165) is 25.2 Å². The van der Waals surface area contributed by atoms with E-state index in [1.165, 1.54) is 11.3 Å². The molecule has 1 aliphatic rings. The number of carbonyl (C=O) groups is 1. The van der Waals surface area contributed by atoms with Crippen molar-refractivity contribution in [3.05, 3.63) is 78.5 Å². The van der Waals surface area contributed by atoms with E-state index in [0.29, 0.717) is 11.4 Å². The molecule has 2 heterocycles. The number of ether oxygens (including phenoxy) is 1. The number of hydrogen-bond acceptors (Lipinski definition) is 4. The van der Waals surface area contributed by atoms with Crippen molar-refractivity contribution < 1.29 is 9.53 Å². The highest BCUT2D eigenvalue weighted by Crippen LogP contribution is 2.32. The molecule has 1 amide bonds. The lowest BCUT2D eigenvalue weighted by atomic mass is 10.0. The number of rotatable bonds is 5. The third-order valence-electron chi connectivity index (χ3n) is 4.53. The number of aromatic nitrogens is 1. The quantitative estimate of drug-likeness (QED) is 0.742. The number of aryl methyl sites for hydroxylation is 1. The summed E-state index contributed by atoms with van der Waals surface area (Å²) in [5.41, 5.74) is 3.22. The predicted octanol–water partition coefficient (Wildman–Crippen LogP) is 4.18. The summed E-state index contributed by atoms with van der Waals surface area (Å²) in [4.78, 5) is 18.8. The average molecular weight is 359 g/mol. The van der Waals surface area contributed by atoms with E-state index in [1.54, 1.807) is 6.20 Å². The number of fused-ring (bicyclic) bond motifs is 1.